The molecule has 3 aromatic rings. The highest BCUT2D eigenvalue weighted by Gasteiger charge is 2.34. The molecule has 4 N–H and O–H groups in total. The van der Waals surface area contributed by atoms with Gasteiger partial charge in [-0.2, -0.15) is 18.2 Å². The molecule has 0 spiro atoms. The molecule has 0 fully saturated rings. The van der Waals surface area contributed by atoms with E-state index in [2.05, 4.69) is 33.6 Å². The van der Waals surface area contributed by atoms with Crippen LogP contribution in [0.2, 0.25) is 0 Å². The van der Waals surface area contributed by atoms with Crippen LogP contribution in [0.3, 0.4) is 0 Å². The molecular formula is C27H32F3N5O2. The maximum Gasteiger partial charge on any atom is 0.418 e. The Kier molecular flexibility index (Phi) is 9.09. The Labute approximate surface area is 214 Å². The topological polar surface area (TPSA) is 102 Å². The van der Waals surface area contributed by atoms with Gasteiger partial charge in [0.1, 0.15) is 5.56 Å². The Morgan fingerprint density at radius 1 is 1.14 bits per heavy atom. The number of rotatable bonds is 10. The second-order valence-electron chi connectivity index (χ2n) is 8.83. The predicted molar refractivity (Wildman–Crippen MR) is 139 cm³/mol. The second-order valence-corrected chi connectivity index (χ2v) is 8.83. The van der Waals surface area contributed by atoms with Gasteiger partial charge in [0, 0.05) is 11.9 Å². The van der Waals surface area contributed by atoms with E-state index in [-0.39, 0.29) is 28.6 Å². The van der Waals surface area contributed by atoms with Crippen molar-refractivity contribution in [3.8, 4) is 5.88 Å². The van der Waals surface area contributed by atoms with Crippen LogP contribution in [0.15, 0.2) is 42.6 Å². The van der Waals surface area contributed by atoms with E-state index in [1.807, 2.05) is 19.1 Å². The number of nitrogens with one attached hydrogen (secondary N) is 2. The Morgan fingerprint density at radius 2 is 1.89 bits per heavy atom. The summed E-state index contributed by atoms with van der Waals surface area (Å²) >= 11 is 0. The van der Waals surface area contributed by atoms with Crippen LogP contribution in [-0.2, 0) is 6.18 Å². The molecule has 1 heterocycles. The Bertz CT molecular complexity index is 1240. The molecule has 7 nitrogen and oxygen atoms in total. The van der Waals surface area contributed by atoms with E-state index < -0.39 is 17.6 Å². The van der Waals surface area contributed by atoms with Crippen molar-refractivity contribution in [2.24, 2.45) is 5.73 Å². The van der Waals surface area contributed by atoms with Gasteiger partial charge in [-0.25, -0.2) is 4.98 Å². The standard InChI is InChI=1S/C27H32F3N5O2/c1-5-7-18(12-13-31)20-11-10-19(14-17(20)3)33-26-32-15-21(25(35-26)37-4)24(36)34-23-16(2)8-6-9-22(23)27(28,29)30/h6,8-11,14-15,18H,5,7,12-13,31H2,1-4H3,(H,34,36)(H,32,33,35). The summed E-state index contributed by atoms with van der Waals surface area (Å²) in [7, 11) is 1.32. The fourth-order valence-corrected chi connectivity index (χ4v) is 4.33. The Hall–Kier alpha value is -3.66. The Balaban J connectivity index is 1.83. The summed E-state index contributed by atoms with van der Waals surface area (Å²) < 4.78 is 45.6. The lowest BCUT2D eigenvalue weighted by molar-refractivity contribution is -0.136. The number of para-hydroxylation sites is 1. The van der Waals surface area contributed by atoms with Crippen LogP contribution < -0.4 is 21.1 Å². The summed E-state index contributed by atoms with van der Waals surface area (Å²) in [5.41, 5.74) is 7.82. The molecule has 10 heteroatoms. The van der Waals surface area contributed by atoms with E-state index in [1.54, 1.807) is 0 Å². The third kappa shape index (κ3) is 6.76. The molecule has 0 bridgehead atoms. The van der Waals surface area contributed by atoms with Gasteiger partial charge < -0.3 is 21.1 Å². The average Bonchev–Trinajstić information content (AvgIpc) is 2.84. The molecule has 1 amide bonds. The highest BCUT2D eigenvalue weighted by Crippen LogP contribution is 2.37. The fraction of sp³-hybridized carbons (Fsp3) is 0.370. The minimum atomic E-state index is -4.63. The van der Waals surface area contributed by atoms with Gasteiger partial charge >= 0.3 is 6.18 Å². The van der Waals surface area contributed by atoms with Crippen molar-refractivity contribution < 1.29 is 22.7 Å². The van der Waals surface area contributed by atoms with E-state index in [9.17, 15) is 18.0 Å². The number of carbonyl (C=O) groups is 1. The molecule has 0 aliphatic heterocycles. The summed E-state index contributed by atoms with van der Waals surface area (Å²) in [6.07, 6.45) is -0.370. The van der Waals surface area contributed by atoms with Gasteiger partial charge in [0.2, 0.25) is 11.8 Å². The molecule has 198 valence electrons. The average molecular weight is 516 g/mol. The van der Waals surface area contributed by atoms with Crippen LogP contribution in [-0.4, -0.2) is 29.5 Å². The summed E-state index contributed by atoms with van der Waals surface area (Å²) in [5.74, 6) is -0.314. The Morgan fingerprint density at radius 3 is 2.51 bits per heavy atom. The normalized spacial score (nSPS) is 12.2. The number of aromatic nitrogens is 2. The number of alkyl halides is 3. The zero-order chi connectivity index (χ0) is 27.2. The zero-order valence-corrected chi connectivity index (χ0v) is 21.4. The highest BCUT2D eigenvalue weighted by atomic mass is 19.4. The number of halogens is 3. The molecule has 1 aromatic heterocycles. The van der Waals surface area contributed by atoms with Crippen LogP contribution in [0.1, 0.15) is 64.7 Å². The van der Waals surface area contributed by atoms with Crippen LogP contribution in [0.5, 0.6) is 5.88 Å². The minimum absolute atomic E-state index is 0.0727. The van der Waals surface area contributed by atoms with Gasteiger partial charge in [-0.1, -0.05) is 31.5 Å². The molecule has 1 unspecified atom stereocenters. The van der Waals surface area contributed by atoms with Crippen LogP contribution >= 0.6 is 0 Å². The van der Waals surface area contributed by atoms with E-state index in [4.69, 9.17) is 10.5 Å². The summed E-state index contributed by atoms with van der Waals surface area (Å²) in [4.78, 5) is 21.3. The largest absolute Gasteiger partial charge is 0.480 e. The van der Waals surface area contributed by atoms with E-state index in [0.717, 1.165) is 36.6 Å². The maximum absolute atomic E-state index is 13.4. The van der Waals surface area contributed by atoms with Crippen molar-refractivity contribution in [2.75, 3.05) is 24.3 Å². The summed E-state index contributed by atoms with van der Waals surface area (Å²) in [5, 5.41) is 5.44. The van der Waals surface area contributed by atoms with Crippen molar-refractivity contribution in [3.63, 3.8) is 0 Å². The first-order valence-corrected chi connectivity index (χ1v) is 12.1. The lowest BCUT2D eigenvalue weighted by atomic mass is 9.88. The number of nitrogens with two attached hydrogens (primary N) is 1. The van der Waals surface area contributed by atoms with E-state index in [1.165, 1.54) is 37.9 Å². The third-order valence-corrected chi connectivity index (χ3v) is 6.13. The van der Waals surface area contributed by atoms with Gasteiger partial charge in [0.15, 0.2) is 0 Å². The van der Waals surface area contributed by atoms with E-state index >= 15 is 0 Å². The second kappa shape index (κ2) is 12.1. The number of benzene rings is 2. The zero-order valence-electron chi connectivity index (χ0n) is 21.4. The fourth-order valence-electron chi connectivity index (χ4n) is 4.33. The molecule has 2 aromatic carbocycles. The van der Waals surface area contributed by atoms with Crippen molar-refractivity contribution in [1.29, 1.82) is 0 Å². The first kappa shape index (κ1) is 27.9. The van der Waals surface area contributed by atoms with Crippen LogP contribution in [0, 0.1) is 13.8 Å². The van der Waals surface area contributed by atoms with Gasteiger partial charge in [0.25, 0.3) is 5.91 Å². The summed E-state index contributed by atoms with van der Waals surface area (Å²) in [6, 6.07) is 9.66. The SMILES string of the molecule is CCCC(CCN)c1ccc(Nc2ncc(C(=O)Nc3c(C)cccc3C(F)(F)F)c(OC)n2)cc1C. The first-order valence-electron chi connectivity index (χ1n) is 12.1. The number of methoxy groups -OCH3 is 1. The number of hydrogen-bond donors (Lipinski definition) is 3. The molecular weight excluding hydrogens is 483 g/mol. The lowest BCUT2D eigenvalue weighted by Crippen LogP contribution is -2.19. The van der Waals surface area contributed by atoms with Gasteiger partial charge in [-0.05, 0) is 74.0 Å². The van der Waals surface area contributed by atoms with Gasteiger partial charge in [0.05, 0.1) is 18.4 Å². The smallest absolute Gasteiger partial charge is 0.418 e. The maximum atomic E-state index is 13.4. The lowest BCUT2D eigenvalue weighted by Gasteiger charge is -2.19. The quantitative estimate of drug-likeness (QED) is 0.291. The molecule has 0 saturated heterocycles. The van der Waals surface area contributed by atoms with Crippen molar-refractivity contribution in [2.45, 2.75) is 52.1 Å². The molecule has 0 saturated carbocycles. The highest BCUT2D eigenvalue weighted by molar-refractivity contribution is 6.06. The molecule has 37 heavy (non-hydrogen) atoms. The number of anilines is 3. The van der Waals surface area contributed by atoms with Crippen molar-refractivity contribution in [1.82, 2.24) is 9.97 Å². The number of aryl methyl sites for hydroxylation is 2. The van der Waals surface area contributed by atoms with Crippen LogP contribution in [0.4, 0.5) is 30.5 Å². The molecule has 1 atom stereocenters. The summed E-state index contributed by atoms with van der Waals surface area (Å²) in [6.45, 7) is 6.30. The van der Waals surface area contributed by atoms with E-state index in [0.29, 0.717) is 12.5 Å². The third-order valence-electron chi connectivity index (χ3n) is 6.13. The molecule has 0 aliphatic rings. The number of amides is 1. The molecule has 3 rings (SSSR count). The van der Waals surface area contributed by atoms with Gasteiger partial charge in [-0.15, -0.1) is 0 Å². The number of ether oxygens (including phenoxy) is 1. The van der Waals surface area contributed by atoms with Crippen LogP contribution in [0.25, 0.3) is 0 Å². The molecule has 0 aliphatic carbocycles. The monoisotopic (exact) mass is 515 g/mol. The van der Waals surface area contributed by atoms with Crippen molar-refractivity contribution in [3.05, 3.63) is 70.4 Å². The predicted octanol–water partition coefficient (Wildman–Crippen LogP) is 6.35. The molecule has 0 radical (unpaired) electrons. The number of carbonyl (C=O) groups excluding carboxylic acids is 1. The first-order chi connectivity index (χ1) is 17.6. The van der Waals surface area contributed by atoms with Crippen molar-refractivity contribution >= 4 is 23.2 Å². The van der Waals surface area contributed by atoms with Gasteiger partial charge in [-0.3, -0.25) is 4.79 Å². The number of nitrogens with zero attached hydrogens (tertiary/aromatic N) is 2. The number of hydrogen-bond acceptors (Lipinski definition) is 6. The minimum Gasteiger partial charge on any atom is -0.480 e.